The van der Waals surface area contributed by atoms with Gasteiger partial charge in [0.15, 0.2) is 0 Å². The van der Waals surface area contributed by atoms with Gasteiger partial charge in [0.1, 0.15) is 24.8 Å². The highest BCUT2D eigenvalue weighted by atomic mass is 31.2. The topological polar surface area (TPSA) is 115 Å². The van der Waals surface area contributed by atoms with Crippen molar-refractivity contribution >= 4 is 8.60 Å². The molecular formula is C20H23N4O3P. The lowest BCUT2D eigenvalue weighted by Gasteiger charge is -2.27. The molecule has 0 unspecified atom stereocenters. The molecule has 7 nitrogen and oxygen atoms in total. The van der Waals surface area contributed by atoms with E-state index in [2.05, 4.69) is 48.7 Å². The molecule has 4 aromatic rings. The molecule has 0 radical (unpaired) electrons. The van der Waals surface area contributed by atoms with Gasteiger partial charge in [0.2, 0.25) is 0 Å². The summed E-state index contributed by atoms with van der Waals surface area (Å²) in [4.78, 5) is 31.2. The maximum absolute atomic E-state index is 9.41. The maximum Gasteiger partial charge on any atom is 0.284 e. The Morgan fingerprint density at radius 2 is 1.21 bits per heavy atom. The molecule has 2 aromatic heterocycles. The first-order valence-electron chi connectivity index (χ1n) is 8.69. The lowest BCUT2D eigenvalue weighted by atomic mass is 10.2. The lowest BCUT2D eigenvalue weighted by Crippen LogP contribution is -2.09. The van der Waals surface area contributed by atoms with Crippen LogP contribution >= 0.6 is 8.60 Å². The van der Waals surface area contributed by atoms with E-state index in [0.29, 0.717) is 0 Å². The van der Waals surface area contributed by atoms with Crippen LogP contribution in [-0.2, 0) is 4.52 Å². The van der Waals surface area contributed by atoms with E-state index in [1.54, 1.807) is 6.92 Å². The van der Waals surface area contributed by atoms with Gasteiger partial charge in [-0.05, 0) is 31.2 Å². The Morgan fingerprint density at radius 3 is 1.46 bits per heavy atom. The Hall–Kier alpha value is -2.83. The predicted molar refractivity (Wildman–Crippen MR) is 104 cm³/mol. The van der Waals surface area contributed by atoms with Crippen LogP contribution in [-0.4, -0.2) is 16.6 Å². The molecule has 2 aromatic carbocycles. The molecular weight excluding hydrogens is 375 g/mol. The first kappa shape index (κ1) is 21.5. The fourth-order valence-corrected chi connectivity index (χ4v) is 2.44. The third-order valence-corrected chi connectivity index (χ3v) is 3.91. The zero-order valence-electron chi connectivity index (χ0n) is 15.5. The number of benzene rings is 2. The fourth-order valence-electron chi connectivity index (χ4n) is 2.23. The average molecular weight is 398 g/mol. The molecule has 146 valence electrons. The van der Waals surface area contributed by atoms with Crippen molar-refractivity contribution in [3.05, 3.63) is 85.5 Å². The monoisotopic (exact) mass is 398 g/mol. The van der Waals surface area contributed by atoms with E-state index in [1.807, 2.05) is 61.2 Å². The highest BCUT2D eigenvalue weighted by Gasteiger charge is 2.02. The molecule has 0 spiro atoms. The van der Waals surface area contributed by atoms with E-state index in [4.69, 9.17) is 0 Å². The maximum atomic E-state index is 9.41. The van der Waals surface area contributed by atoms with E-state index in [0.717, 1.165) is 11.6 Å². The molecule has 0 amide bonds. The zero-order valence-corrected chi connectivity index (χ0v) is 16.4. The molecule has 2 heterocycles. The standard InChI is InChI=1S/2C9H8N2.C2H5O3P/c2*1-2-4-8(5-3-1)9-10-6-7-11-9;1-2-5-6(3)4/h2*1-7H,(H,10,11);2H2,1H3/q;;-2/p+2. The van der Waals surface area contributed by atoms with Gasteiger partial charge in [-0.3, -0.25) is 0 Å². The van der Waals surface area contributed by atoms with Crippen molar-refractivity contribution in [2.45, 2.75) is 6.92 Å². The van der Waals surface area contributed by atoms with E-state index in [1.165, 1.54) is 11.1 Å². The first-order valence-corrected chi connectivity index (χ1v) is 9.78. The minimum atomic E-state index is -2.60. The van der Waals surface area contributed by atoms with Crippen LogP contribution in [0, 0.1) is 0 Å². The largest absolute Gasteiger partial charge is 0.820 e. The Kier molecular flexibility index (Phi) is 9.61. The molecule has 0 fully saturated rings. The van der Waals surface area contributed by atoms with Gasteiger partial charge < -0.3 is 14.3 Å². The van der Waals surface area contributed by atoms with Crippen molar-refractivity contribution < 1.29 is 24.3 Å². The molecule has 0 saturated heterocycles. The minimum absolute atomic E-state index is 0.235. The van der Waals surface area contributed by atoms with Crippen molar-refractivity contribution in [1.82, 2.24) is 9.97 Å². The predicted octanol–water partition coefficient (Wildman–Crippen LogP) is 1.96. The minimum Gasteiger partial charge on any atom is -0.820 e. The summed E-state index contributed by atoms with van der Waals surface area (Å²) < 4.78 is 4.00. The van der Waals surface area contributed by atoms with E-state index in [-0.39, 0.29) is 6.61 Å². The quantitative estimate of drug-likeness (QED) is 0.512. The van der Waals surface area contributed by atoms with Gasteiger partial charge in [-0.2, -0.15) is 8.60 Å². The van der Waals surface area contributed by atoms with Crippen LogP contribution in [0.15, 0.2) is 85.5 Å². The van der Waals surface area contributed by atoms with Gasteiger partial charge in [0.25, 0.3) is 11.6 Å². The first-order chi connectivity index (χ1) is 13.7. The third-order valence-electron chi connectivity index (χ3n) is 3.44. The van der Waals surface area contributed by atoms with Gasteiger partial charge in [0, 0.05) is 6.61 Å². The fraction of sp³-hybridized carbons (Fsp3) is 0.100. The Labute approximate surface area is 165 Å². The number of aromatic nitrogens is 4. The summed E-state index contributed by atoms with van der Waals surface area (Å²) in [6, 6.07) is 20.3. The van der Waals surface area contributed by atoms with Crippen LogP contribution in [0.4, 0.5) is 0 Å². The summed E-state index contributed by atoms with van der Waals surface area (Å²) in [5.41, 5.74) is 2.36. The van der Waals surface area contributed by atoms with Gasteiger partial charge >= 0.3 is 0 Å². The number of aromatic amines is 4. The summed E-state index contributed by atoms with van der Waals surface area (Å²) in [6.45, 7) is 1.85. The number of nitrogens with one attached hydrogen (secondary N) is 4. The molecule has 0 aliphatic heterocycles. The second-order valence-electron chi connectivity index (χ2n) is 5.37. The normalized spacial score (nSPS) is 9.86. The number of imidazole rings is 2. The number of hydrogen-bond acceptors (Lipinski definition) is 3. The summed E-state index contributed by atoms with van der Waals surface area (Å²) >= 11 is 0. The van der Waals surface area contributed by atoms with Crippen molar-refractivity contribution in [1.29, 1.82) is 0 Å². The summed E-state index contributed by atoms with van der Waals surface area (Å²) in [5.74, 6) is 2.09. The van der Waals surface area contributed by atoms with Crippen molar-refractivity contribution in [2.75, 3.05) is 6.61 Å². The van der Waals surface area contributed by atoms with E-state index >= 15 is 0 Å². The van der Waals surface area contributed by atoms with Crippen LogP contribution < -0.4 is 19.8 Å². The summed E-state index contributed by atoms with van der Waals surface area (Å²) in [7, 11) is -2.60. The van der Waals surface area contributed by atoms with Crippen LogP contribution in [0.3, 0.4) is 0 Å². The SMILES string of the molecule is CCOP([O-])[O-].c1ccc(-c2[nH]cc[nH+]2)cc1.c1ccc(-c2[nH]cc[nH+]2)cc1. The zero-order chi connectivity index (χ0) is 20.0. The van der Waals surface area contributed by atoms with Gasteiger partial charge in [0.05, 0.1) is 11.1 Å². The van der Waals surface area contributed by atoms with Crippen LogP contribution in [0.1, 0.15) is 6.92 Å². The van der Waals surface area contributed by atoms with E-state index < -0.39 is 8.60 Å². The van der Waals surface area contributed by atoms with Crippen molar-refractivity contribution in [3.63, 3.8) is 0 Å². The van der Waals surface area contributed by atoms with Gasteiger partial charge in [-0.25, -0.2) is 19.9 Å². The van der Waals surface area contributed by atoms with Crippen molar-refractivity contribution in [2.24, 2.45) is 0 Å². The van der Waals surface area contributed by atoms with E-state index in [9.17, 15) is 9.79 Å². The molecule has 0 aliphatic rings. The average Bonchev–Trinajstić information content (AvgIpc) is 3.45. The lowest BCUT2D eigenvalue weighted by molar-refractivity contribution is -0.362. The summed E-state index contributed by atoms with van der Waals surface area (Å²) in [6.07, 6.45) is 7.51. The smallest absolute Gasteiger partial charge is 0.284 e. The van der Waals surface area contributed by atoms with Crippen LogP contribution in [0.5, 0.6) is 0 Å². The highest BCUT2D eigenvalue weighted by molar-refractivity contribution is 7.36. The van der Waals surface area contributed by atoms with Gasteiger partial charge in [-0.1, -0.05) is 36.4 Å². The molecule has 4 rings (SSSR count). The highest BCUT2D eigenvalue weighted by Crippen LogP contribution is 2.10. The molecule has 8 heteroatoms. The Bertz CT molecular complexity index is 785. The number of H-pyrrole nitrogens is 4. The number of hydrogen-bond donors (Lipinski definition) is 2. The third kappa shape index (κ3) is 7.82. The Morgan fingerprint density at radius 1 is 0.786 bits per heavy atom. The molecule has 0 saturated carbocycles. The molecule has 28 heavy (non-hydrogen) atoms. The molecule has 4 N–H and O–H groups in total. The van der Waals surface area contributed by atoms with Crippen LogP contribution in [0.25, 0.3) is 22.8 Å². The van der Waals surface area contributed by atoms with Gasteiger partial charge in [-0.15, -0.1) is 0 Å². The Balaban J connectivity index is 0.000000158. The molecule has 0 bridgehead atoms. The molecule has 0 atom stereocenters. The van der Waals surface area contributed by atoms with Crippen LogP contribution in [0.2, 0.25) is 0 Å². The number of rotatable bonds is 4. The van der Waals surface area contributed by atoms with Crippen molar-refractivity contribution in [3.8, 4) is 22.8 Å². The second-order valence-corrected chi connectivity index (χ2v) is 6.07. The second kappa shape index (κ2) is 12.5. The molecule has 0 aliphatic carbocycles. The summed E-state index contributed by atoms with van der Waals surface area (Å²) in [5, 5.41) is 0.